The molecular formula is C18H23ClN2O5. The van der Waals surface area contributed by atoms with E-state index in [-0.39, 0.29) is 28.2 Å². The van der Waals surface area contributed by atoms with Gasteiger partial charge in [-0.3, -0.25) is 14.9 Å². The van der Waals surface area contributed by atoms with Gasteiger partial charge in [0.05, 0.1) is 10.5 Å². The molecule has 1 aliphatic carbocycles. The maximum atomic E-state index is 12.3. The van der Waals surface area contributed by atoms with Crippen LogP contribution < -0.4 is 5.32 Å². The highest BCUT2D eigenvalue weighted by Gasteiger charge is 2.30. The van der Waals surface area contributed by atoms with Crippen LogP contribution in [0.15, 0.2) is 18.2 Å². The van der Waals surface area contributed by atoms with Gasteiger partial charge in [-0.15, -0.1) is 0 Å². The van der Waals surface area contributed by atoms with Gasteiger partial charge in [0.15, 0.2) is 6.10 Å². The van der Waals surface area contributed by atoms with Crippen LogP contribution in [0.4, 0.5) is 5.69 Å². The van der Waals surface area contributed by atoms with Crippen molar-refractivity contribution < 1.29 is 19.2 Å². The quantitative estimate of drug-likeness (QED) is 0.475. The fourth-order valence-electron chi connectivity index (χ4n) is 3.15. The van der Waals surface area contributed by atoms with Gasteiger partial charge in [0.25, 0.3) is 11.6 Å². The molecule has 1 N–H and O–H groups in total. The van der Waals surface area contributed by atoms with E-state index in [2.05, 4.69) is 19.2 Å². The first kappa shape index (κ1) is 20.2. The maximum Gasteiger partial charge on any atom is 0.339 e. The normalized spacial score (nSPS) is 23.8. The molecule has 142 valence electrons. The smallest absolute Gasteiger partial charge is 0.339 e. The molecule has 0 heterocycles. The van der Waals surface area contributed by atoms with Crippen molar-refractivity contribution in [2.24, 2.45) is 11.8 Å². The highest BCUT2D eigenvalue weighted by Crippen LogP contribution is 2.29. The number of hydrogen-bond donors (Lipinski definition) is 1. The Balaban J connectivity index is 1.99. The van der Waals surface area contributed by atoms with Crippen molar-refractivity contribution in [3.05, 3.63) is 38.9 Å². The second kappa shape index (κ2) is 8.49. The van der Waals surface area contributed by atoms with Crippen LogP contribution in [-0.2, 0) is 9.53 Å². The highest BCUT2D eigenvalue weighted by molar-refractivity contribution is 6.32. The van der Waals surface area contributed by atoms with Crippen molar-refractivity contribution in [2.75, 3.05) is 0 Å². The maximum absolute atomic E-state index is 12.3. The molecule has 1 fully saturated rings. The molecule has 0 radical (unpaired) electrons. The largest absolute Gasteiger partial charge is 0.449 e. The number of esters is 1. The SMILES string of the molecule is C[C@H]1[C@@H](NC(=O)[C@@H](C)OC(=O)c2ccc(Cl)c([N+](=O)[O-])c2)CCC[C@@H]1C. The Morgan fingerprint density at radius 2 is 2.04 bits per heavy atom. The number of nitrogens with one attached hydrogen (secondary N) is 1. The van der Waals surface area contributed by atoms with Crippen LogP contribution in [-0.4, -0.2) is 28.9 Å². The second-order valence-corrected chi connectivity index (χ2v) is 7.26. The van der Waals surface area contributed by atoms with E-state index >= 15 is 0 Å². The third-order valence-electron chi connectivity index (χ3n) is 5.07. The van der Waals surface area contributed by atoms with Crippen molar-refractivity contribution >= 4 is 29.2 Å². The molecule has 2 rings (SSSR count). The van der Waals surface area contributed by atoms with Crippen molar-refractivity contribution in [3.8, 4) is 0 Å². The molecular weight excluding hydrogens is 360 g/mol. The van der Waals surface area contributed by atoms with Gasteiger partial charge in [-0.2, -0.15) is 0 Å². The van der Waals surface area contributed by atoms with Gasteiger partial charge < -0.3 is 10.1 Å². The summed E-state index contributed by atoms with van der Waals surface area (Å²) in [4.78, 5) is 34.8. The minimum atomic E-state index is -0.998. The summed E-state index contributed by atoms with van der Waals surface area (Å²) in [5, 5.41) is 13.8. The van der Waals surface area contributed by atoms with Crippen LogP contribution in [0, 0.1) is 22.0 Å². The van der Waals surface area contributed by atoms with Crippen LogP contribution in [0.1, 0.15) is 50.4 Å². The summed E-state index contributed by atoms with van der Waals surface area (Å²) in [6.07, 6.45) is 2.11. The number of benzene rings is 1. The molecule has 1 saturated carbocycles. The number of carbonyl (C=O) groups excluding carboxylic acids is 2. The number of nitrogens with zero attached hydrogens (tertiary/aromatic N) is 1. The molecule has 7 nitrogen and oxygen atoms in total. The Bertz CT molecular complexity index is 709. The molecule has 1 aromatic rings. The van der Waals surface area contributed by atoms with Gasteiger partial charge in [-0.05, 0) is 37.3 Å². The Labute approximate surface area is 157 Å². The van der Waals surface area contributed by atoms with Crippen LogP contribution in [0.5, 0.6) is 0 Å². The van der Waals surface area contributed by atoms with E-state index in [9.17, 15) is 19.7 Å². The first-order valence-corrected chi connectivity index (χ1v) is 9.03. The number of rotatable bonds is 5. The average molecular weight is 383 g/mol. The van der Waals surface area contributed by atoms with Crippen LogP contribution in [0.25, 0.3) is 0 Å². The number of hydrogen-bond acceptors (Lipinski definition) is 5. The Morgan fingerprint density at radius 3 is 2.69 bits per heavy atom. The molecule has 26 heavy (non-hydrogen) atoms. The summed E-state index contributed by atoms with van der Waals surface area (Å²) in [5.74, 6) is -0.290. The van der Waals surface area contributed by atoms with Crippen molar-refractivity contribution in [1.82, 2.24) is 5.32 Å². The van der Waals surface area contributed by atoms with Gasteiger partial charge in [0.1, 0.15) is 5.02 Å². The van der Waals surface area contributed by atoms with E-state index in [0.717, 1.165) is 25.3 Å². The highest BCUT2D eigenvalue weighted by atomic mass is 35.5. The predicted octanol–water partition coefficient (Wildman–Crippen LogP) is 3.73. The van der Waals surface area contributed by atoms with E-state index < -0.39 is 17.0 Å². The van der Waals surface area contributed by atoms with Gasteiger partial charge >= 0.3 is 5.97 Å². The van der Waals surface area contributed by atoms with Crippen LogP contribution in [0.3, 0.4) is 0 Å². The monoisotopic (exact) mass is 382 g/mol. The van der Waals surface area contributed by atoms with Gasteiger partial charge in [0.2, 0.25) is 0 Å². The summed E-state index contributed by atoms with van der Waals surface area (Å²) in [5.41, 5.74) is -0.413. The number of ether oxygens (including phenoxy) is 1. The summed E-state index contributed by atoms with van der Waals surface area (Å²) in [6.45, 7) is 5.76. The lowest BCUT2D eigenvalue weighted by Gasteiger charge is -2.35. The molecule has 0 aliphatic heterocycles. The van der Waals surface area contributed by atoms with E-state index in [0.29, 0.717) is 11.8 Å². The standard InChI is InChI=1S/C18H23ClN2O5/c1-10-5-4-6-15(11(10)2)20-17(22)12(3)26-18(23)13-7-8-14(19)16(9-13)21(24)25/h7-12,15H,4-6H2,1-3H3,(H,20,22)/t10-,11+,12+,15-/m0/s1. The average Bonchev–Trinajstić information content (AvgIpc) is 2.58. The molecule has 1 amide bonds. The summed E-state index contributed by atoms with van der Waals surface area (Å²) < 4.78 is 5.16. The Kier molecular flexibility index (Phi) is 6.58. The molecule has 0 unspecified atom stereocenters. The minimum absolute atomic E-state index is 0.0274. The number of halogens is 1. The van der Waals surface area contributed by atoms with E-state index in [1.54, 1.807) is 0 Å². The predicted molar refractivity (Wildman–Crippen MR) is 97.1 cm³/mol. The van der Waals surface area contributed by atoms with E-state index in [1.807, 2.05) is 0 Å². The minimum Gasteiger partial charge on any atom is -0.449 e. The summed E-state index contributed by atoms with van der Waals surface area (Å²) in [6, 6.07) is 3.68. The van der Waals surface area contributed by atoms with Crippen molar-refractivity contribution in [1.29, 1.82) is 0 Å². The first-order chi connectivity index (χ1) is 12.2. The van der Waals surface area contributed by atoms with Crippen LogP contribution >= 0.6 is 11.6 Å². The van der Waals surface area contributed by atoms with Gasteiger partial charge in [-0.25, -0.2) is 4.79 Å². The third kappa shape index (κ3) is 4.72. The molecule has 8 heteroatoms. The van der Waals surface area contributed by atoms with Gasteiger partial charge in [-0.1, -0.05) is 38.3 Å². The van der Waals surface area contributed by atoms with Gasteiger partial charge in [0, 0.05) is 12.1 Å². The second-order valence-electron chi connectivity index (χ2n) is 6.85. The molecule has 1 aliphatic rings. The molecule has 0 spiro atoms. The zero-order valence-corrected chi connectivity index (χ0v) is 15.8. The third-order valence-corrected chi connectivity index (χ3v) is 5.39. The fraction of sp³-hybridized carbons (Fsp3) is 0.556. The summed E-state index contributed by atoms with van der Waals surface area (Å²) in [7, 11) is 0. The Morgan fingerprint density at radius 1 is 1.35 bits per heavy atom. The number of amides is 1. The molecule has 0 saturated heterocycles. The van der Waals surface area contributed by atoms with Crippen LogP contribution in [0.2, 0.25) is 5.02 Å². The first-order valence-electron chi connectivity index (χ1n) is 8.66. The zero-order chi connectivity index (χ0) is 19.4. The lowest BCUT2D eigenvalue weighted by Crippen LogP contribution is -2.47. The fourth-order valence-corrected chi connectivity index (χ4v) is 3.33. The van der Waals surface area contributed by atoms with Crippen molar-refractivity contribution in [2.45, 2.75) is 52.2 Å². The number of nitro groups is 1. The van der Waals surface area contributed by atoms with E-state index in [4.69, 9.17) is 16.3 Å². The van der Waals surface area contributed by atoms with E-state index in [1.165, 1.54) is 19.1 Å². The summed E-state index contributed by atoms with van der Waals surface area (Å²) >= 11 is 5.73. The molecule has 4 atom stereocenters. The zero-order valence-electron chi connectivity index (χ0n) is 15.0. The molecule has 0 bridgehead atoms. The Hall–Kier alpha value is -2.15. The topological polar surface area (TPSA) is 98.5 Å². The lowest BCUT2D eigenvalue weighted by atomic mass is 9.78. The molecule has 0 aromatic heterocycles. The lowest BCUT2D eigenvalue weighted by molar-refractivity contribution is -0.384. The number of nitro benzene ring substituents is 1. The number of carbonyl (C=O) groups is 2. The van der Waals surface area contributed by atoms with Crippen molar-refractivity contribution in [3.63, 3.8) is 0 Å². The molecule has 1 aromatic carbocycles.